The Morgan fingerprint density at radius 2 is 1.92 bits per heavy atom. The van der Waals surface area contributed by atoms with Crippen LogP contribution >= 0.6 is 0 Å². The number of furan rings is 1. The molecule has 4 atom stereocenters. The molecule has 0 amide bonds. The van der Waals surface area contributed by atoms with E-state index in [1.807, 2.05) is 26.0 Å². The molecule has 0 aliphatic carbocycles. The lowest BCUT2D eigenvalue weighted by atomic mass is 9.53. The van der Waals surface area contributed by atoms with Crippen LogP contribution in [0, 0.1) is 56.2 Å². The average Bonchev–Trinajstić information content (AvgIpc) is 3.20. The van der Waals surface area contributed by atoms with Crippen LogP contribution in [0.5, 0.6) is 0 Å². The number of nitrogens with one attached hydrogen (secondary N) is 1. The van der Waals surface area contributed by atoms with Gasteiger partial charge in [0, 0.05) is 6.42 Å². The summed E-state index contributed by atoms with van der Waals surface area (Å²) in [6.07, 6.45) is 1.88. The van der Waals surface area contributed by atoms with Gasteiger partial charge in [0.25, 0.3) is 0 Å². The Hall–Kier alpha value is -2.82. The third kappa shape index (κ3) is 1.78. The van der Waals surface area contributed by atoms with Crippen molar-refractivity contribution in [3.8, 4) is 18.2 Å². The van der Waals surface area contributed by atoms with Crippen molar-refractivity contribution in [1.29, 1.82) is 21.2 Å². The van der Waals surface area contributed by atoms with Crippen molar-refractivity contribution in [3.05, 3.63) is 24.2 Å². The van der Waals surface area contributed by atoms with E-state index in [0.29, 0.717) is 19.3 Å². The maximum absolute atomic E-state index is 10.1. The molecule has 25 heavy (non-hydrogen) atoms. The van der Waals surface area contributed by atoms with E-state index < -0.39 is 28.6 Å². The third-order valence-electron chi connectivity index (χ3n) is 5.36. The smallest absolute Gasteiger partial charge is 0.217 e. The van der Waals surface area contributed by atoms with E-state index >= 15 is 0 Å². The van der Waals surface area contributed by atoms with Gasteiger partial charge in [-0.25, -0.2) is 0 Å². The molecule has 2 aliphatic heterocycles. The van der Waals surface area contributed by atoms with Gasteiger partial charge in [0.15, 0.2) is 11.5 Å². The molecule has 4 unspecified atom stereocenters. The van der Waals surface area contributed by atoms with Crippen LogP contribution in [0.3, 0.4) is 0 Å². The molecule has 0 radical (unpaired) electrons. The minimum absolute atomic E-state index is 0.274. The Bertz CT molecular complexity index is 799. The average molecular weight is 338 g/mol. The monoisotopic (exact) mass is 338 g/mol. The number of ether oxygens (including phenoxy) is 2. The van der Waals surface area contributed by atoms with E-state index in [-0.39, 0.29) is 11.7 Å². The summed E-state index contributed by atoms with van der Waals surface area (Å²) in [5.74, 6) is -1.91. The quantitative estimate of drug-likeness (QED) is 0.896. The van der Waals surface area contributed by atoms with E-state index in [4.69, 9.17) is 19.3 Å². The number of hydrogen-bond acceptors (Lipinski definition) is 7. The number of rotatable bonds is 4. The van der Waals surface area contributed by atoms with Crippen molar-refractivity contribution >= 4 is 5.90 Å². The number of nitrogens with zero attached hydrogens (tertiary/aromatic N) is 3. The molecule has 0 spiro atoms. The van der Waals surface area contributed by atoms with Crippen LogP contribution in [0.4, 0.5) is 0 Å². The van der Waals surface area contributed by atoms with Crippen LogP contribution in [0.25, 0.3) is 0 Å². The first kappa shape index (κ1) is 17.0. The summed E-state index contributed by atoms with van der Waals surface area (Å²) < 4.78 is 17.4. The molecule has 0 saturated carbocycles. The Morgan fingerprint density at radius 3 is 2.40 bits per heavy atom. The molecule has 128 valence electrons. The van der Waals surface area contributed by atoms with Crippen LogP contribution in [-0.4, -0.2) is 11.7 Å². The maximum atomic E-state index is 10.1. The maximum Gasteiger partial charge on any atom is 0.217 e. The van der Waals surface area contributed by atoms with Gasteiger partial charge in [0.05, 0.1) is 30.4 Å². The van der Waals surface area contributed by atoms with E-state index in [2.05, 4.69) is 6.07 Å². The second kappa shape index (κ2) is 5.62. The fraction of sp³-hybridized carbons (Fsp3) is 0.556. The number of fused-ring (bicyclic) bond motifs is 2. The van der Waals surface area contributed by atoms with Gasteiger partial charge < -0.3 is 13.9 Å². The molecule has 1 N–H and O–H groups in total. The molecule has 7 heteroatoms. The van der Waals surface area contributed by atoms with Gasteiger partial charge in [-0.15, -0.1) is 0 Å². The summed E-state index contributed by atoms with van der Waals surface area (Å²) in [6.45, 7) is 3.79. The zero-order valence-electron chi connectivity index (χ0n) is 14.1. The fourth-order valence-electron chi connectivity index (χ4n) is 4.36. The zero-order valence-corrected chi connectivity index (χ0v) is 14.1. The van der Waals surface area contributed by atoms with E-state index in [0.717, 1.165) is 0 Å². The lowest BCUT2D eigenvalue weighted by Crippen LogP contribution is -2.59. The van der Waals surface area contributed by atoms with Crippen LogP contribution in [0.2, 0.25) is 0 Å². The molecule has 1 aromatic heterocycles. The zero-order chi connectivity index (χ0) is 18.3. The molecular formula is C18H18N4O3. The van der Waals surface area contributed by atoms with Crippen molar-refractivity contribution < 1.29 is 13.9 Å². The van der Waals surface area contributed by atoms with Crippen LogP contribution in [0.15, 0.2) is 22.8 Å². The van der Waals surface area contributed by atoms with Gasteiger partial charge in [0.1, 0.15) is 5.76 Å². The van der Waals surface area contributed by atoms with E-state index in [1.54, 1.807) is 12.1 Å². The second-order valence-electron chi connectivity index (χ2n) is 6.42. The highest BCUT2D eigenvalue weighted by Crippen LogP contribution is 2.68. The lowest BCUT2D eigenvalue weighted by Gasteiger charge is -2.48. The molecule has 7 nitrogen and oxygen atoms in total. The molecule has 3 rings (SSSR count). The Balaban J connectivity index is 2.34. The Labute approximate surface area is 145 Å². The topological polar surface area (TPSA) is 127 Å². The van der Waals surface area contributed by atoms with E-state index in [9.17, 15) is 15.8 Å². The van der Waals surface area contributed by atoms with Gasteiger partial charge >= 0.3 is 0 Å². The molecule has 1 aromatic rings. The molecule has 3 heterocycles. The molecular weight excluding hydrogens is 320 g/mol. The van der Waals surface area contributed by atoms with Crippen molar-refractivity contribution in [3.63, 3.8) is 0 Å². The van der Waals surface area contributed by atoms with Crippen LogP contribution in [-0.2, 0) is 9.47 Å². The molecule has 2 aliphatic rings. The molecule has 2 bridgehead atoms. The Kier molecular flexibility index (Phi) is 3.82. The predicted molar refractivity (Wildman–Crippen MR) is 84.5 cm³/mol. The first-order chi connectivity index (χ1) is 12.0. The van der Waals surface area contributed by atoms with Gasteiger partial charge in [-0.1, -0.05) is 13.8 Å². The van der Waals surface area contributed by atoms with Gasteiger partial charge in [-0.2, -0.15) is 15.8 Å². The summed E-state index contributed by atoms with van der Waals surface area (Å²) >= 11 is 0. The predicted octanol–water partition coefficient (Wildman–Crippen LogP) is 3.42. The highest BCUT2D eigenvalue weighted by molar-refractivity contribution is 5.89. The van der Waals surface area contributed by atoms with Crippen molar-refractivity contribution in [2.24, 2.45) is 16.7 Å². The van der Waals surface area contributed by atoms with E-state index in [1.165, 1.54) is 6.26 Å². The van der Waals surface area contributed by atoms with Gasteiger partial charge in [-0.3, -0.25) is 5.41 Å². The standard InChI is InChI=1S/C18H18N4O3/c1-3-7-18-13(4-2)17(11-21,15(22)25-18)16(9-19,10-20)14(24-18)12-6-5-8-23-12/h5-6,8,13-14,22H,3-4,7H2,1-2H3. The summed E-state index contributed by atoms with van der Waals surface area (Å²) in [6, 6.07) is 9.32. The van der Waals surface area contributed by atoms with Crippen molar-refractivity contribution in [1.82, 2.24) is 0 Å². The highest BCUT2D eigenvalue weighted by atomic mass is 16.7. The Morgan fingerprint density at radius 1 is 1.20 bits per heavy atom. The third-order valence-corrected chi connectivity index (χ3v) is 5.36. The van der Waals surface area contributed by atoms with Gasteiger partial charge in [0.2, 0.25) is 17.1 Å². The lowest BCUT2D eigenvalue weighted by molar-refractivity contribution is -0.289. The summed E-state index contributed by atoms with van der Waals surface area (Å²) in [7, 11) is 0. The van der Waals surface area contributed by atoms with Crippen molar-refractivity contribution in [2.45, 2.75) is 45.0 Å². The summed E-state index contributed by atoms with van der Waals surface area (Å²) in [5.41, 5.74) is -3.65. The molecule has 2 fully saturated rings. The minimum Gasteiger partial charge on any atom is -0.466 e. The first-order valence-corrected chi connectivity index (χ1v) is 8.24. The first-order valence-electron chi connectivity index (χ1n) is 8.24. The second-order valence-corrected chi connectivity index (χ2v) is 6.42. The van der Waals surface area contributed by atoms with Crippen LogP contribution < -0.4 is 0 Å². The summed E-state index contributed by atoms with van der Waals surface area (Å²) in [5, 5.41) is 38.4. The van der Waals surface area contributed by atoms with Crippen LogP contribution in [0.1, 0.15) is 45.0 Å². The summed E-state index contributed by atoms with van der Waals surface area (Å²) in [4.78, 5) is 0. The normalized spacial score (nSPS) is 35.2. The fourth-order valence-corrected chi connectivity index (χ4v) is 4.36. The molecule has 2 saturated heterocycles. The largest absolute Gasteiger partial charge is 0.466 e. The number of hydrogen-bond donors (Lipinski definition) is 1. The van der Waals surface area contributed by atoms with Gasteiger partial charge in [-0.05, 0) is 25.0 Å². The highest BCUT2D eigenvalue weighted by Gasteiger charge is 2.80. The molecule has 0 aromatic carbocycles. The SMILES string of the molecule is CCCC12OC(=N)C(C#N)(C1CC)C(C#N)(C#N)C(c1ccco1)O2. The number of nitriles is 3. The minimum atomic E-state index is -1.94. The van der Waals surface area contributed by atoms with Crippen molar-refractivity contribution in [2.75, 3.05) is 0 Å².